The summed E-state index contributed by atoms with van der Waals surface area (Å²) < 4.78 is 0.869. The van der Waals surface area contributed by atoms with Gasteiger partial charge in [-0.3, -0.25) is 4.90 Å². The molecule has 1 saturated carbocycles. The summed E-state index contributed by atoms with van der Waals surface area (Å²) in [6.07, 6.45) is 2.47. The van der Waals surface area contributed by atoms with Crippen molar-refractivity contribution >= 4 is 22.9 Å². The van der Waals surface area contributed by atoms with Gasteiger partial charge in [0.25, 0.3) is 0 Å². The van der Waals surface area contributed by atoms with Gasteiger partial charge in [0.1, 0.15) is 0 Å². The Labute approximate surface area is 119 Å². The third-order valence-corrected chi connectivity index (χ3v) is 5.65. The molecule has 0 atom stereocenters. The molecule has 0 aromatic carbocycles. The Morgan fingerprint density at radius 3 is 2.61 bits per heavy atom. The molecule has 0 bridgehead atoms. The minimum absolute atomic E-state index is 0.214. The Hall–Kier alpha value is -0.0900. The predicted octanol–water partition coefficient (Wildman–Crippen LogP) is 3.60. The van der Waals surface area contributed by atoms with Gasteiger partial charge in [0, 0.05) is 23.5 Å². The molecule has 1 fully saturated rings. The van der Waals surface area contributed by atoms with Crippen molar-refractivity contribution in [2.45, 2.75) is 38.8 Å². The number of nitrogens with zero attached hydrogens (tertiary/aromatic N) is 1. The van der Waals surface area contributed by atoms with Crippen LogP contribution in [0.5, 0.6) is 0 Å². The summed E-state index contributed by atoms with van der Waals surface area (Å²) >= 11 is 7.65. The van der Waals surface area contributed by atoms with E-state index in [-0.39, 0.29) is 5.54 Å². The van der Waals surface area contributed by atoms with Crippen LogP contribution < -0.4 is 5.73 Å². The summed E-state index contributed by atoms with van der Waals surface area (Å²) in [6, 6.07) is 4.09. The molecule has 18 heavy (non-hydrogen) atoms. The summed E-state index contributed by atoms with van der Waals surface area (Å²) in [5, 5.41) is 0. The van der Waals surface area contributed by atoms with Gasteiger partial charge in [0.2, 0.25) is 0 Å². The lowest BCUT2D eigenvalue weighted by molar-refractivity contribution is -0.0238. The van der Waals surface area contributed by atoms with Crippen molar-refractivity contribution in [3.63, 3.8) is 0 Å². The van der Waals surface area contributed by atoms with Gasteiger partial charge < -0.3 is 5.73 Å². The molecule has 1 aliphatic rings. The lowest BCUT2D eigenvalue weighted by Gasteiger charge is -2.54. The highest BCUT2D eigenvalue weighted by Crippen LogP contribution is 2.45. The predicted molar refractivity (Wildman–Crippen MR) is 80.1 cm³/mol. The molecule has 2 N–H and O–H groups in total. The highest BCUT2D eigenvalue weighted by Gasteiger charge is 2.46. The van der Waals surface area contributed by atoms with Crippen LogP contribution in [-0.2, 0) is 6.54 Å². The van der Waals surface area contributed by atoms with Gasteiger partial charge in [-0.25, -0.2) is 0 Å². The first-order valence-corrected chi connectivity index (χ1v) is 7.82. The first kappa shape index (κ1) is 14.3. The topological polar surface area (TPSA) is 29.3 Å². The molecular formula is C14H23ClN2S. The van der Waals surface area contributed by atoms with E-state index in [0.29, 0.717) is 0 Å². The van der Waals surface area contributed by atoms with E-state index < -0.39 is 0 Å². The number of thiophene rings is 1. The Morgan fingerprint density at radius 2 is 2.17 bits per heavy atom. The molecule has 0 aliphatic heterocycles. The second-order valence-electron chi connectivity index (χ2n) is 5.90. The average molecular weight is 287 g/mol. The summed E-state index contributed by atoms with van der Waals surface area (Å²) in [6.45, 7) is 6.33. The van der Waals surface area contributed by atoms with Crippen LogP contribution >= 0.6 is 22.9 Å². The fourth-order valence-electron chi connectivity index (χ4n) is 2.86. The molecule has 2 rings (SSSR count). The number of rotatable bonds is 5. The van der Waals surface area contributed by atoms with Gasteiger partial charge in [0.05, 0.1) is 4.34 Å². The van der Waals surface area contributed by atoms with Crippen LogP contribution in [0.2, 0.25) is 4.34 Å². The van der Waals surface area contributed by atoms with Crippen LogP contribution in [0.3, 0.4) is 0 Å². The minimum atomic E-state index is 0.214. The molecule has 102 valence electrons. The molecule has 2 nitrogen and oxygen atoms in total. The van der Waals surface area contributed by atoms with E-state index in [1.807, 2.05) is 6.07 Å². The first-order valence-electron chi connectivity index (χ1n) is 6.62. The van der Waals surface area contributed by atoms with Gasteiger partial charge in [-0.05, 0) is 43.9 Å². The van der Waals surface area contributed by atoms with E-state index in [0.717, 1.165) is 29.3 Å². The third kappa shape index (κ3) is 2.74. The molecule has 4 heteroatoms. The Kier molecular flexibility index (Phi) is 4.37. The quantitative estimate of drug-likeness (QED) is 0.896. The van der Waals surface area contributed by atoms with Gasteiger partial charge in [-0.1, -0.05) is 25.4 Å². The van der Waals surface area contributed by atoms with Crippen LogP contribution in [-0.4, -0.2) is 24.0 Å². The Morgan fingerprint density at radius 1 is 1.50 bits per heavy atom. The lowest BCUT2D eigenvalue weighted by atomic mass is 9.63. The average Bonchev–Trinajstić information content (AvgIpc) is 2.62. The number of hydrogen-bond acceptors (Lipinski definition) is 3. The fourth-order valence-corrected chi connectivity index (χ4v) is 4.00. The Balaban J connectivity index is 1.97. The van der Waals surface area contributed by atoms with E-state index >= 15 is 0 Å². The SMILES string of the molecule is CC(C)C1CC(CN)(N(C)Cc2ccc(Cl)s2)C1. The Bertz CT molecular complexity index is 396. The highest BCUT2D eigenvalue weighted by atomic mass is 35.5. The largest absolute Gasteiger partial charge is 0.329 e. The number of nitrogens with two attached hydrogens (primary N) is 1. The molecule has 1 heterocycles. The molecule has 0 unspecified atom stereocenters. The third-order valence-electron chi connectivity index (χ3n) is 4.44. The van der Waals surface area contributed by atoms with E-state index in [4.69, 9.17) is 17.3 Å². The van der Waals surface area contributed by atoms with E-state index in [9.17, 15) is 0 Å². The molecule has 1 aromatic heterocycles. The zero-order valence-electron chi connectivity index (χ0n) is 11.4. The van der Waals surface area contributed by atoms with E-state index in [1.54, 1.807) is 11.3 Å². The van der Waals surface area contributed by atoms with Gasteiger partial charge in [0.15, 0.2) is 0 Å². The standard InChI is InChI=1S/C14H23ClN2S/c1-10(2)11-6-14(7-11,9-16)17(3)8-12-4-5-13(15)18-12/h4-5,10-11H,6-9,16H2,1-3H3. The summed E-state index contributed by atoms with van der Waals surface area (Å²) in [4.78, 5) is 3.75. The van der Waals surface area contributed by atoms with Crippen molar-refractivity contribution in [2.24, 2.45) is 17.6 Å². The molecule has 1 aromatic rings. The van der Waals surface area contributed by atoms with Crippen LogP contribution in [0, 0.1) is 11.8 Å². The van der Waals surface area contributed by atoms with Gasteiger partial charge in [-0.15, -0.1) is 11.3 Å². The maximum absolute atomic E-state index is 6.03. The molecule has 0 amide bonds. The van der Waals surface area contributed by atoms with Crippen molar-refractivity contribution in [3.8, 4) is 0 Å². The monoisotopic (exact) mass is 286 g/mol. The van der Waals surface area contributed by atoms with Crippen molar-refractivity contribution in [3.05, 3.63) is 21.3 Å². The van der Waals surface area contributed by atoms with Gasteiger partial charge >= 0.3 is 0 Å². The van der Waals surface area contributed by atoms with E-state index in [2.05, 4.69) is 31.9 Å². The smallest absolute Gasteiger partial charge is 0.0931 e. The van der Waals surface area contributed by atoms with E-state index in [1.165, 1.54) is 17.7 Å². The van der Waals surface area contributed by atoms with Crippen molar-refractivity contribution in [1.29, 1.82) is 0 Å². The number of halogens is 1. The normalized spacial score (nSPS) is 27.8. The summed E-state index contributed by atoms with van der Waals surface area (Å²) in [5.74, 6) is 1.61. The van der Waals surface area contributed by atoms with Crippen LogP contribution in [0.15, 0.2) is 12.1 Å². The minimum Gasteiger partial charge on any atom is -0.329 e. The zero-order chi connectivity index (χ0) is 13.3. The first-order chi connectivity index (χ1) is 8.47. The zero-order valence-corrected chi connectivity index (χ0v) is 13.0. The van der Waals surface area contributed by atoms with Crippen LogP contribution in [0.4, 0.5) is 0 Å². The summed E-state index contributed by atoms with van der Waals surface area (Å²) in [5.41, 5.74) is 6.24. The van der Waals surface area contributed by atoms with Crippen molar-refractivity contribution in [2.75, 3.05) is 13.6 Å². The maximum Gasteiger partial charge on any atom is 0.0931 e. The highest BCUT2D eigenvalue weighted by molar-refractivity contribution is 7.16. The number of hydrogen-bond donors (Lipinski definition) is 1. The van der Waals surface area contributed by atoms with Crippen molar-refractivity contribution in [1.82, 2.24) is 4.90 Å². The maximum atomic E-state index is 6.03. The second-order valence-corrected chi connectivity index (χ2v) is 7.70. The fraction of sp³-hybridized carbons (Fsp3) is 0.714. The van der Waals surface area contributed by atoms with Crippen molar-refractivity contribution < 1.29 is 0 Å². The van der Waals surface area contributed by atoms with Gasteiger partial charge in [-0.2, -0.15) is 0 Å². The molecule has 0 saturated heterocycles. The number of likely N-dealkylation sites (N-methyl/N-ethyl adjacent to an activating group) is 1. The lowest BCUT2D eigenvalue weighted by Crippen LogP contribution is -2.60. The summed E-state index contributed by atoms with van der Waals surface area (Å²) in [7, 11) is 2.19. The molecular weight excluding hydrogens is 264 g/mol. The molecule has 0 radical (unpaired) electrons. The molecule has 0 spiro atoms. The van der Waals surface area contributed by atoms with Crippen LogP contribution in [0.1, 0.15) is 31.6 Å². The van der Waals surface area contributed by atoms with Crippen LogP contribution in [0.25, 0.3) is 0 Å². The molecule has 1 aliphatic carbocycles. The second kappa shape index (κ2) is 5.49.